The van der Waals surface area contributed by atoms with Gasteiger partial charge in [0, 0.05) is 10.7 Å². The topological polar surface area (TPSA) is 52.2 Å². The summed E-state index contributed by atoms with van der Waals surface area (Å²) >= 11 is 6.26. The molecule has 0 spiro atoms. The fourth-order valence-electron chi connectivity index (χ4n) is 2.84. The molecule has 1 N–H and O–H groups in total. The predicted molar refractivity (Wildman–Crippen MR) is 100 cm³/mol. The van der Waals surface area contributed by atoms with Gasteiger partial charge in [0.2, 0.25) is 0 Å². The first kappa shape index (κ1) is 24.8. The summed E-state index contributed by atoms with van der Waals surface area (Å²) in [6.45, 7) is 2.05. The van der Waals surface area contributed by atoms with Gasteiger partial charge in [0.05, 0.1) is 12.5 Å². The molecule has 0 aliphatic heterocycles. The number of rotatable bonds is 14. The van der Waals surface area contributed by atoms with E-state index in [2.05, 4.69) is 12.2 Å². The van der Waals surface area contributed by atoms with Crippen LogP contribution in [0.2, 0.25) is 5.02 Å². The molecule has 0 aliphatic rings. The maximum Gasteiger partial charge on any atom is 1.00 e. The number of nitrogens with one attached hydrogen (secondary N) is 1. The molecule has 0 atom stereocenters. The van der Waals surface area contributed by atoms with Gasteiger partial charge in [0.1, 0.15) is 0 Å². The summed E-state index contributed by atoms with van der Waals surface area (Å²) in [4.78, 5) is 10.4. The molecular weight excluding hydrogens is 345 g/mol. The number of unbranched alkanes of at least 4 members (excludes halogenated alkanes) is 9. The Morgan fingerprint density at radius 2 is 1.56 bits per heavy atom. The molecular formula is C20H31ClNNaO2. The van der Waals surface area contributed by atoms with Crippen molar-refractivity contribution in [2.75, 3.05) is 11.9 Å². The molecule has 0 amide bonds. The SMILES string of the molecule is CCCCCCCCCCCCc1ccc(NCC(=O)[O-])cc1Cl.[Na+]. The van der Waals surface area contributed by atoms with E-state index < -0.39 is 5.97 Å². The molecule has 1 rings (SSSR count). The van der Waals surface area contributed by atoms with E-state index in [-0.39, 0.29) is 36.1 Å². The van der Waals surface area contributed by atoms with E-state index in [1.165, 1.54) is 57.8 Å². The first-order chi connectivity index (χ1) is 11.6. The number of carbonyl (C=O) groups excluding carboxylic acids is 1. The molecule has 0 heterocycles. The molecule has 0 aromatic heterocycles. The number of hydrogen-bond donors (Lipinski definition) is 1. The van der Waals surface area contributed by atoms with Crippen molar-refractivity contribution in [3.63, 3.8) is 0 Å². The van der Waals surface area contributed by atoms with E-state index in [0.29, 0.717) is 5.02 Å². The summed E-state index contributed by atoms with van der Waals surface area (Å²) in [6, 6.07) is 5.64. The van der Waals surface area contributed by atoms with Crippen molar-refractivity contribution in [1.29, 1.82) is 0 Å². The Hall–Kier alpha value is -0.220. The number of benzene rings is 1. The van der Waals surface area contributed by atoms with E-state index >= 15 is 0 Å². The third-order valence-electron chi connectivity index (χ3n) is 4.29. The second-order valence-corrected chi connectivity index (χ2v) is 6.87. The zero-order chi connectivity index (χ0) is 17.6. The molecule has 0 saturated carbocycles. The smallest absolute Gasteiger partial charge is 0.548 e. The van der Waals surface area contributed by atoms with Gasteiger partial charge in [-0.3, -0.25) is 0 Å². The summed E-state index contributed by atoms with van der Waals surface area (Å²) in [5, 5.41) is 13.9. The molecule has 0 unspecified atom stereocenters. The van der Waals surface area contributed by atoms with Crippen LogP contribution in [0, 0.1) is 0 Å². The summed E-state index contributed by atoms with van der Waals surface area (Å²) in [7, 11) is 0. The number of hydrogen-bond acceptors (Lipinski definition) is 3. The van der Waals surface area contributed by atoms with Crippen LogP contribution in [0.25, 0.3) is 0 Å². The first-order valence-electron chi connectivity index (χ1n) is 9.35. The largest absolute Gasteiger partial charge is 1.00 e. The average Bonchev–Trinajstić information content (AvgIpc) is 2.56. The van der Waals surface area contributed by atoms with Crippen LogP contribution in [0.3, 0.4) is 0 Å². The number of aryl methyl sites for hydroxylation is 1. The van der Waals surface area contributed by atoms with Crippen molar-refractivity contribution >= 4 is 23.3 Å². The summed E-state index contributed by atoms with van der Waals surface area (Å²) < 4.78 is 0. The van der Waals surface area contributed by atoms with E-state index in [4.69, 9.17) is 11.6 Å². The quantitative estimate of drug-likeness (QED) is 0.399. The van der Waals surface area contributed by atoms with Crippen LogP contribution in [-0.4, -0.2) is 12.5 Å². The Morgan fingerprint density at radius 3 is 2.08 bits per heavy atom. The van der Waals surface area contributed by atoms with Gasteiger partial charge in [-0.25, -0.2) is 0 Å². The van der Waals surface area contributed by atoms with Crippen molar-refractivity contribution < 1.29 is 39.5 Å². The van der Waals surface area contributed by atoms with Gasteiger partial charge < -0.3 is 15.2 Å². The number of carbonyl (C=O) groups is 1. The number of carboxylic acids is 1. The van der Waals surface area contributed by atoms with Crippen LogP contribution in [0.15, 0.2) is 18.2 Å². The van der Waals surface area contributed by atoms with Crippen molar-refractivity contribution in [3.8, 4) is 0 Å². The Morgan fingerprint density at radius 1 is 1.00 bits per heavy atom. The van der Waals surface area contributed by atoms with Crippen molar-refractivity contribution in [3.05, 3.63) is 28.8 Å². The van der Waals surface area contributed by atoms with Crippen LogP contribution in [0.1, 0.15) is 76.7 Å². The maximum absolute atomic E-state index is 10.4. The van der Waals surface area contributed by atoms with Gasteiger partial charge in [0.15, 0.2) is 0 Å². The summed E-state index contributed by atoms with van der Waals surface area (Å²) in [5.41, 5.74) is 1.85. The molecule has 0 fully saturated rings. The normalized spacial score (nSPS) is 10.3. The number of carboxylic acid groups (broad SMARTS) is 1. The number of anilines is 1. The monoisotopic (exact) mass is 375 g/mol. The van der Waals surface area contributed by atoms with Crippen molar-refractivity contribution in [2.45, 2.75) is 77.6 Å². The Kier molecular flexibility index (Phi) is 15.8. The standard InChI is InChI=1S/C20H32ClNO2.Na/c1-2-3-4-5-6-7-8-9-10-11-12-17-13-14-18(15-19(17)21)22-16-20(23)24;/h13-15,22H,2-12,16H2,1H3,(H,23,24);/q;+1/p-1. The fourth-order valence-corrected chi connectivity index (χ4v) is 3.11. The molecule has 25 heavy (non-hydrogen) atoms. The average molecular weight is 376 g/mol. The molecule has 1 aromatic rings. The minimum atomic E-state index is -1.12. The molecule has 0 radical (unpaired) electrons. The first-order valence-corrected chi connectivity index (χ1v) is 9.73. The molecule has 3 nitrogen and oxygen atoms in total. The van der Waals surface area contributed by atoms with Crippen LogP contribution in [0.4, 0.5) is 5.69 Å². The summed E-state index contributed by atoms with van der Waals surface area (Å²) in [5.74, 6) is -1.12. The molecule has 0 bridgehead atoms. The molecule has 5 heteroatoms. The second kappa shape index (κ2) is 16.0. The zero-order valence-electron chi connectivity index (χ0n) is 15.9. The maximum atomic E-state index is 10.4. The molecule has 1 aromatic carbocycles. The second-order valence-electron chi connectivity index (χ2n) is 6.46. The van der Waals surface area contributed by atoms with Crippen LogP contribution < -0.4 is 40.0 Å². The Bertz CT molecular complexity index is 483. The van der Waals surface area contributed by atoms with Crippen molar-refractivity contribution in [1.82, 2.24) is 0 Å². The van der Waals surface area contributed by atoms with Gasteiger partial charge in [0.25, 0.3) is 0 Å². The van der Waals surface area contributed by atoms with Crippen LogP contribution in [0.5, 0.6) is 0 Å². The van der Waals surface area contributed by atoms with E-state index in [1.54, 1.807) is 6.07 Å². The minimum Gasteiger partial charge on any atom is -0.548 e. The van der Waals surface area contributed by atoms with Gasteiger partial charge in [-0.1, -0.05) is 82.4 Å². The van der Waals surface area contributed by atoms with Crippen LogP contribution >= 0.6 is 11.6 Å². The Balaban J connectivity index is 0.00000576. The van der Waals surface area contributed by atoms with Gasteiger partial charge in [-0.05, 0) is 30.5 Å². The third-order valence-corrected chi connectivity index (χ3v) is 4.64. The van der Waals surface area contributed by atoms with E-state index in [9.17, 15) is 9.90 Å². The Labute approximate surface area is 180 Å². The molecule has 0 saturated heterocycles. The van der Waals surface area contributed by atoms with Gasteiger partial charge >= 0.3 is 29.6 Å². The number of halogens is 1. The van der Waals surface area contributed by atoms with Gasteiger partial charge in [-0.15, -0.1) is 0 Å². The molecule has 136 valence electrons. The molecule has 0 aliphatic carbocycles. The zero-order valence-corrected chi connectivity index (χ0v) is 18.7. The van der Waals surface area contributed by atoms with Crippen molar-refractivity contribution in [2.24, 2.45) is 0 Å². The van der Waals surface area contributed by atoms with E-state index in [1.807, 2.05) is 12.1 Å². The fraction of sp³-hybridized carbons (Fsp3) is 0.650. The minimum absolute atomic E-state index is 0. The van der Waals surface area contributed by atoms with E-state index in [0.717, 1.165) is 24.1 Å². The summed E-state index contributed by atoms with van der Waals surface area (Å²) in [6.07, 6.45) is 14.2. The third kappa shape index (κ3) is 12.7. The van der Waals surface area contributed by atoms with Crippen LogP contribution in [-0.2, 0) is 11.2 Å². The number of aliphatic carboxylic acids is 1. The van der Waals surface area contributed by atoms with Gasteiger partial charge in [-0.2, -0.15) is 0 Å². The predicted octanol–water partition coefficient (Wildman–Crippen LogP) is 1.97.